The van der Waals surface area contributed by atoms with Crippen molar-refractivity contribution in [1.82, 2.24) is 5.32 Å². The fraction of sp³-hybridized carbons (Fsp3) is 0.391. The summed E-state index contributed by atoms with van der Waals surface area (Å²) >= 11 is 0. The van der Waals surface area contributed by atoms with Crippen LogP contribution in [0.25, 0.3) is 0 Å². The van der Waals surface area contributed by atoms with Crippen molar-refractivity contribution in [2.24, 2.45) is 0 Å². The van der Waals surface area contributed by atoms with Gasteiger partial charge < -0.3 is 24.3 Å². The normalized spacial score (nSPS) is 16.1. The molecule has 3 rings (SSSR count). The van der Waals surface area contributed by atoms with Gasteiger partial charge in [0.25, 0.3) is 5.91 Å². The second kappa shape index (κ2) is 9.52. The number of aryl methyl sites for hydroxylation is 1. The van der Waals surface area contributed by atoms with Crippen molar-refractivity contribution in [3.05, 3.63) is 53.1 Å². The number of carbonyl (C=O) groups excluding carboxylic acids is 2. The highest BCUT2D eigenvalue weighted by molar-refractivity contribution is 5.95. The summed E-state index contributed by atoms with van der Waals surface area (Å²) in [6.07, 6.45) is 1.89. The molecule has 0 saturated heterocycles. The van der Waals surface area contributed by atoms with E-state index < -0.39 is 12.1 Å². The highest BCUT2D eigenvalue weighted by Crippen LogP contribution is 2.35. The van der Waals surface area contributed by atoms with Gasteiger partial charge in [0.1, 0.15) is 11.3 Å². The Morgan fingerprint density at radius 1 is 1.00 bits per heavy atom. The summed E-state index contributed by atoms with van der Waals surface area (Å²) in [6.45, 7) is 1.55. The Morgan fingerprint density at radius 2 is 1.67 bits per heavy atom. The van der Waals surface area contributed by atoms with Gasteiger partial charge in [0.05, 0.1) is 27.4 Å². The zero-order valence-electron chi connectivity index (χ0n) is 17.7. The number of hydrogen-bond acceptors (Lipinski definition) is 6. The van der Waals surface area contributed by atoms with Gasteiger partial charge >= 0.3 is 5.97 Å². The molecule has 1 aliphatic rings. The highest BCUT2D eigenvalue weighted by Gasteiger charge is 2.27. The number of esters is 1. The molecular formula is C23H27NO6. The van der Waals surface area contributed by atoms with Gasteiger partial charge in [0.15, 0.2) is 17.6 Å². The molecule has 1 amide bonds. The first-order valence-electron chi connectivity index (χ1n) is 9.87. The number of rotatable bonds is 7. The quantitative estimate of drug-likeness (QED) is 0.700. The van der Waals surface area contributed by atoms with E-state index in [0.29, 0.717) is 11.5 Å². The SMILES string of the molecule is COc1cc(OC)c(C(=O)O[C@@H](C)C(=O)N[C@@H]2CCCc3ccccc32)cc1OC. The van der Waals surface area contributed by atoms with E-state index in [-0.39, 0.29) is 23.3 Å². The number of hydrogen-bond donors (Lipinski definition) is 1. The first-order valence-corrected chi connectivity index (χ1v) is 9.87. The molecule has 1 aliphatic carbocycles. The minimum Gasteiger partial charge on any atom is -0.496 e. The Kier molecular flexibility index (Phi) is 6.82. The second-order valence-electron chi connectivity index (χ2n) is 7.11. The van der Waals surface area contributed by atoms with Crippen LogP contribution >= 0.6 is 0 Å². The lowest BCUT2D eigenvalue weighted by atomic mass is 9.87. The maximum absolute atomic E-state index is 12.7. The fourth-order valence-corrected chi connectivity index (χ4v) is 3.66. The number of carbonyl (C=O) groups is 2. The van der Waals surface area contributed by atoms with Crippen LogP contribution in [-0.2, 0) is 16.0 Å². The molecule has 1 N–H and O–H groups in total. The molecule has 0 bridgehead atoms. The molecule has 30 heavy (non-hydrogen) atoms. The largest absolute Gasteiger partial charge is 0.496 e. The monoisotopic (exact) mass is 413 g/mol. The van der Waals surface area contributed by atoms with Gasteiger partial charge in [-0.3, -0.25) is 4.79 Å². The Bertz CT molecular complexity index is 926. The Balaban J connectivity index is 1.71. The first-order chi connectivity index (χ1) is 14.5. The highest BCUT2D eigenvalue weighted by atomic mass is 16.6. The van der Waals surface area contributed by atoms with Crippen LogP contribution in [0.15, 0.2) is 36.4 Å². The number of nitrogens with one attached hydrogen (secondary N) is 1. The molecule has 0 aromatic heterocycles. The molecule has 0 unspecified atom stereocenters. The predicted octanol–water partition coefficient (Wildman–Crippen LogP) is 3.45. The van der Waals surface area contributed by atoms with Crippen LogP contribution in [0, 0.1) is 0 Å². The summed E-state index contributed by atoms with van der Waals surface area (Å²) in [6, 6.07) is 11.0. The molecule has 2 atom stereocenters. The van der Waals surface area contributed by atoms with Crippen molar-refractivity contribution in [1.29, 1.82) is 0 Å². The van der Waals surface area contributed by atoms with Gasteiger partial charge in [0.2, 0.25) is 0 Å². The molecule has 7 heteroatoms. The van der Waals surface area contributed by atoms with E-state index in [0.717, 1.165) is 24.8 Å². The summed E-state index contributed by atoms with van der Waals surface area (Å²) in [5, 5.41) is 3.01. The standard InChI is InChI=1S/C23H27NO6/c1-14(22(25)24-18-11-7-9-15-8-5-6-10-16(15)18)30-23(26)17-12-20(28-3)21(29-4)13-19(17)27-2/h5-6,8,10,12-14,18H,7,9,11H2,1-4H3,(H,24,25)/t14-,18+/m0/s1. The predicted molar refractivity (Wildman–Crippen MR) is 111 cm³/mol. The van der Waals surface area contributed by atoms with Crippen LogP contribution in [-0.4, -0.2) is 39.3 Å². The number of fused-ring (bicyclic) bond motifs is 1. The molecule has 0 fully saturated rings. The van der Waals surface area contributed by atoms with Gasteiger partial charge in [-0.15, -0.1) is 0 Å². The molecule has 160 valence electrons. The van der Waals surface area contributed by atoms with E-state index in [2.05, 4.69) is 11.4 Å². The van der Waals surface area contributed by atoms with Crippen LogP contribution < -0.4 is 19.5 Å². The van der Waals surface area contributed by atoms with Crippen LogP contribution in [0.1, 0.15) is 47.3 Å². The average Bonchev–Trinajstić information content (AvgIpc) is 2.78. The van der Waals surface area contributed by atoms with E-state index in [1.807, 2.05) is 18.2 Å². The minimum absolute atomic E-state index is 0.0841. The number of benzene rings is 2. The zero-order chi connectivity index (χ0) is 21.7. The molecule has 2 aromatic carbocycles. The Hall–Kier alpha value is -3.22. The van der Waals surface area contributed by atoms with Crippen molar-refractivity contribution in [3.63, 3.8) is 0 Å². The van der Waals surface area contributed by atoms with Gasteiger partial charge in [-0.05, 0) is 37.3 Å². The summed E-state index contributed by atoms with van der Waals surface area (Å²) in [7, 11) is 4.40. The maximum atomic E-state index is 12.7. The minimum atomic E-state index is -0.968. The summed E-state index contributed by atoms with van der Waals surface area (Å²) in [4.78, 5) is 25.4. The molecule has 7 nitrogen and oxygen atoms in total. The zero-order valence-corrected chi connectivity index (χ0v) is 17.7. The Morgan fingerprint density at radius 3 is 2.37 bits per heavy atom. The van der Waals surface area contributed by atoms with Gasteiger partial charge in [-0.2, -0.15) is 0 Å². The number of amides is 1. The van der Waals surface area contributed by atoms with Gasteiger partial charge in [-0.25, -0.2) is 4.79 Å². The van der Waals surface area contributed by atoms with Gasteiger partial charge in [-0.1, -0.05) is 24.3 Å². The van der Waals surface area contributed by atoms with Crippen molar-refractivity contribution < 1.29 is 28.5 Å². The maximum Gasteiger partial charge on any atom is 0.342 e. The topological polar surface area (TPSA) is 83.1 Å². The Labute approximate surface area is 176 Å². The lowest BCUT2D eigenvalue weighted by Crippen LogP contribution is -2.39. The fourth-order valence-electron chi connectivity index (χ4n) is 3.66. The molecule has 0 heterocycles. The third kappa shape index (κ3) is 4.50. The third-order valence-electron chi connectivity index (χ3n) is 5.26. The smallest absolute Gasteiger partial charge is 0.342 e. The molecule has 0 saturated carbocycles. The van der Waals surface area contributed by atoms with Crippen LogP contribution in [0.2, 0.25) is 0 Å². The summed E-state index contributed by atoms with van der Waals surface area (Å²) in [5.74, 6) is 0.0317. The van der Waals surface area contributed by atoms with Gasteiger partial charge in [0, 0.05) is 12.1 Å². The van der Waals surface area contributed by atoms with E-state index in [1.165, 1.54) is 33.0 Å². The second-order valence-corrected chi connectivity index (χ2v) is 7.11. The lowest BCUT2D eigenvalue weighted by molar-refractivity contribution is -0.130. The molecular weight excluding hydrogens is 386 g/mol. The van der Waals surface area contributed by atoms with E-state index in [4.69, 9.17) is 18.9 Å². The lowest BCUT2D eigenvalue weighted by Gasteiger charge is -2.27. The first kappa shape index (κ1) is 21.5. The summed E-state index contributed by atoms with van der Waals surface area (Å²) < 4.78 is 21.2. The van der Waals surface area contributed by atoms with Crippen molar-refractivity contribution in [2.75, 3.05) is 21.3 Å². The van der Waals surface area contributed by atoms with Crippen LogP contribution in [0.4, 0.5) is 0 Å². The van der Waals surface area contributed by atoms with Crippen molar-refractivity contribution >= 4 is 11.9 Å². The summed E-state index contributed by atoms with van der Waals surface area (Å²) in [5.41, 5.74) is 2.52. The van der Waals surface area contributed by atoms with Crippen LogP contribution in [0.5, 0.6) is 17.2 Å². The van der Waals surface area contributed by atoms with E-state index in [9.17, 15) is 9.59 Å². The molecule has 2 aromatic rings. The van der Waals surface area contributed by atoms with E-state index in [1.54, 1.807) is 13.0 Å². The average molecular weight is 413 g/mol. The van der Waals surface area contributed by atoms with Crippen LogP contribution in [0.3, 0.4) is 0 Å². The third-order valence-corrected chi connectivity index (χ3v) is 5.26. The molecule has 0 aliphatic heterocycles. The van der Waals surface area contributed by atoms with E-state index >= 15 is 0 Å². The van der Waals surface area contributed by atoms with Crippen molar-refractivity contribution in [3.8, 4) is 17.2 Å². The van der Waals surface area contributed by atoms with Crippen molar-refractivity contribution in [2.45, 2.75) is 38.3 Å². The molecule has 0 radical (unpaired) electrons. The number of methoxy groups -OCH3 is 3. The molecule has 0 spiro atoms. The number of ether oxygens (including phenoxy) is 4.